The van der Waals surface area contributed by atoms with Crippen molar-refractivity contribution in [1.29, 1.82) is 0 Å². The smallest absolute Gasteiger partial charge is 0.0377 e. The van der Waals surface area contributed by atoms with E-state index >= 15 is 0 Å². The van der Waals surface area contributed by atoms with Gasteiger partial charge < -0.3 is 10.2 Å². The number of anilines is 1. The summed E-state index contributed by atoms with van der Waals surface area (Å²) < 4.78 is 3.38. The highest BCUT2D eigenvalue weighted by atomic mass is 79.9. The van der Waals surface area contributed by atoms with Crippen LogP contribution in [0.3, 0.4) is 0 Å². The van der Waals surface area contributed by atoms with Crippen LogP contribution in [0.15, 0.2) is 61.9 Å². The van der Waals surface area contributed by atoms with Crippen LogP contribution in [0.5, 0.6) is 0 Å². The average Bonchev–Trinajstić information content (AvgIpc) is 3.32. The van der Waals surface area contributed by atoms with Gasteiger partial charge >= 0.3 is 0 Å². The lowest BCUT2D eigenvalue weighted by Crippen LogP contribution is -2.17. The zero-order valence-corrected chi connectivity index (χ0v) is 19.1. The van der Waals surface area contributed by atoms with Gasteiger partial charge in [0.2, 0.25) is 0 Å². The summed E-state index contributed by atoms with van der Waals surface area (Å²) >= 11 is 10.1. The molecular formula is C20H25Br3N2. The normalized spacial score (nSPS) is 15.9. The molecule has 2 nitrogen and oxygen atoms in total. The minimum Gasteiger partial charge on any atom is -0.372 e. The Morgan fingerprint density at radius 3 is 1.60 bits per heavy atom. The number of hydrogen-bond donors (Lipinski definition) is 1. The van der Waals surface area contributed by atoms with Crippen LogP contribution >= 0.6 is 47.8 Å². The van der Waals surface area contributed by atoms with Crippen molar-refractivity contribution < 1.29 is 0 Å². The van der Waals surface area contributed by atoms with E-state index < -0.39 is 0 Å². The van der Waals surface area contributed by atoms with Crippen molar-refractivity contribution in [3.8, 4) is 0 Å². The van der Waals surface area contributed by atoms with Gasteiger partial charge in [0, 0.05) is 32.2 Å². The molecule has 25 heavy (non-hydrogen) atoms. The van der Waals surface area contributed by atoms with E-state index in [1.54, 1.807) is 0 Å². The molecular weight excluding hydrogens is 508 g/mol. The summed E-state index contributed by atoms with van der Waals surface area (Å²) in [7, 11) is 0. The second kappa shape index (κ2) is 12.1. The maximum atomic E-state index is 3.48. The maximum Gasteiger partial charge on any atom is 0.0377 e. The van der Waals surface area contributed by atoms with Crippen molar-refractivity contribution >= 4 is 53.5 Å². The molecule has 0 amide bonds. The maximum absolute atomic E-state index is 3.48. The number of benzene rings is 2. The predicted molar refractivity (Wildman–Crippen MR) is 120 cm³/mol. The van der Waals surface area contributed by atoms with E-state index in [1.807, 2.05) is 24.3 Å². The van der Waals surface area contributed by atoms with Gasteiger partial charge in [0.25, 0.3) is 0 Å². The Morgan fingerprint density at radius 2 is 1.20 bits per heavy atom. The highest BCUT2D eigenvalue weighted by Crippen LogP contribution is 2.23. The van der Waals surface area contributed by atoms with E-state index in [4.69, 9.17) is 0 Å². The summed E-state index contributed by atoms with van der Waals surface area (Å²) in [4.78, 5) is 2.44. The first-order chi connectivity index (χ1) is 12.1. The number of nitrogens with zero attached hydrogens (tertiary/aromatic N) is 1. The van der Waals surface area contributed by atoms with Crippen LogP contribution < -0.4 is 10.2 Å². The van der Waals surface area contributed by atoms with Crippen LogP contribution in [-0.4, -0.2) is 26.2 Å². The van der Waals surface area contributed by atoms with Crippen LogP contribution in [0.25, 0.3) is 0 Å². The van der Waals surface area contributed by atoms with Crippen molar-refractivity contribution in [2.75, 3.05) is 31.1 Å². The lowest BCUT2D eigenvalue weighted by Gasteiger charge is -2.17. The van der Waals surface area contributed by atoms with E-state index in [-0.39, 0.29) is 0 Å². The Kier molecular flexibility index (Phi) is 10.1. The van der Waals surface area contributed by atoms with Crippen LogP contribution in [0, 0.1) is 0 Å². The molecule has 2 aromatic carbocycles. The van der Waals surface area contributed by atoms with Crippen molar-refractivity contribution in [1.82, 2.24) is 5.32 Å². The van der Waals surface area contributed by atoms with Gasteiger partial charge in [0.05, 0.1) is 0 Å². The Hall–Kier alpha value is -0.360. The predicted octanol–water partition coefficient (Wildman–Crippen LogP) is 6.63. The van der Waals surface area contributed by atoms with Crippen LogP contribution in [-0.2, 0) is 0 Å². The Labute approximate surface area is 176 Å². The third-order valence-corrected chi connectivity index (χ3v) is 5.50. The highest BCUT2D eigenvalue weighted by Gasteiger charge is 2.11. The van der Waals surface area contributed by atoms with Gasteiger partial charge in [-0.15, -0.1) is 0 Å². The number of rotatable bonds is 1. The monoisotopic (exact) mass is 530 g/mol. The van der Waals surface area contributed by atoms with Crippen LogP contribution in [0.1, 0.15) is 25.7 Å². The van der Waals surface area contributed by atoms with Gasteiger partial charge in [-0.1, -0.05) is 59.9 Å². The van der Waals surface area contributed by atoms with E-state index in [2.05, 4.69) is 82.3 Å². The van der Waals surface area contributed by atoms with E-state index in [1.165, 1.54) is 62.0 Å². The number of hydrogen-bond acceptors (Lipinski definition) is 2. The zero-order valence-electron chi connectivity index (χ0n) is 14.4. The standard InChI is InChI=1S/C10H12BrN.C6H4Br2.C4H9N/c11-9-4-3-5-10(8-9)12-6-1-2-7-12;7-5-2-1-3-6(8)4-5;1-2-4-5-3-1/h3-5,8H,1-2,6-7H2;1-4H;5H,1-4H2. The fraction of sp³-hybridized carbons (Fsp3) is 0.400. The first kappa shape index (κ1) is 20.9. The molecule has 2 aliphatic heterocycles. The molecule has 0 aliphatic carbocycles. The van der Waals surface area contributed by atoms with Gasteiger partial charge in [-0.3, -0.25) is 0 Å². The van der Waals surface area contributed by atoms with Crippen molar-refractivity contribution in [2.24, 2.45) is 0 Å². The Morgan fingerprint density at radius 1 is 0.680 bits per heavy atom. The molecule has 0 spiro atoms. The molecule has 0 unspecified atom stereocenters. The lowest BCUT2D eigenvalue weighted by atomic mass is 10.3. The summed E-state index contributed by atoms with van der Waals surface area (Å²) in [6.07, 6.45) is 5.46. The average molecular weight is 533 g/mol. The summed E-state index contributed by atoms with van der Waals surface area (Å²) in [6, 6.07) is 16.5. The molecule has 2 saturated heterocycles. The molecule has 2 aliphatic rings. The van der Waals surface area contributed by atoms with Gasteiger partial charge in [0.15, 0.2) is 0 Å². The minimum absolute atomic E-state index is 1.10. The number of halogens is 3. The molecule has 4 rings (SSSR count). The summed E-state index contributed by atoms with van der Waals surface area (Å²) in [6.45, 7) is 4.94. The Bertz CT molecular complexity index is 599. The van der Waals surface area contributed by atoms with E-state index in [0.29, 0.717) is 0 Å². The third-order valence-electron chi connectivity index (χ3n) is 4.02. The van der Waals surface area contributed by atoms with Crippen LogP contribution in [0.4, 0.5) is 5.69 Å². The SMILES string of the molecule is Brc1cccc(Br)c1.Brc1cccc(N2CCCC2)c1.C1CCNC1. The quantitative estimate of drug-likeness (QED) is 0.443. The van der Waals surface area contributed by atoms with Gasteiger partial charge in [-0.25, -0.2) is 0 Å². The zero-order chi connectivity index (χ0) is 17.9. The fourth-order valence-corrected chi connectivity index (χ4v) is 4.23. The molecule has 0 atom stereocenters. The Balaban J connectivity index is 0.000000149. The van der Waals surface area contributed by atoms with Gasteiger partial charge in [-0.05, 0) is 75.2 Å². The minimum atomic E-state index is 1.10. The fourth-order valence-electron chi connectivity index (χ4n) is 2.73. The first-order valence-corrected chi connectivity index (χ1v) is 11.2. The first-order valence-electron chi connectivity index (χ1n) is 8.77. The molecule has 2 aromatic rings. The third kappa shape index (κ3) is 8.72. The topological polar surface area (TPSA) is 15.3 Å². The van der Waals surface area contributed by atoms with Crippen molar-refractivity contribution in [2.45, 2.75) is 25.7 Å². The molecule has 0 saturated carbocycles. The molecule has 1 N–H and O–H groups in total. The molecule has 0 radical (unpaired) electrons. The largest absolute Gasteiger partial charge is 0.372 e. The summed E-state index contributed by atoms with van der Waals surface area (Å²) in [5.74, 6) is 0. The molecule has 0 bridgehead atoms. The highest BCUT2D eigenvalue weighted by molar-refractivity contribution is 9.11. The van der Waals surface area contributed by atoms with Gasteiger partial charge in [0.1, 0.15) is 0 Å². The molecule has 0 aromatic heterocycles. The second-order valence-corrected chi connectivity index (χ2v) is 8.82. The van der Waals surface area contributed by atoms with E-state index in [0.717, 1.165) is 8.95 Å². The number of nitrogens with one attached hydrogen (secondary N) is 1. The molecule has 136 valence electrons. The van der Waals surface area contributed by atoms with Crippen molar-refractivity contribution in [3.63, 3.8) is 0 Å². The summed E-state index contributed by atoms with van der Waals surface area (Å²) in [5, 5.41) is 3.22. The summed E-state index contributed by atoms with van der Waals surface area (Å²) in [5.41, 5.74) is 1.35. The molecule has 2 heterocycles. The van der Waals surface area contributed by atoms with E-state index in [9.17, 15) is 0 Å². The second-order valence-electron chi connectivity index (χ2n) is 6.07. The lowest BCUT2D eigenvalue weighted by molar-refractivity contribution is 0.857. The van der Waals surface area contributed by atoms with Gasteiger partial charge in [-0.2, -0.15) is 0 Å². The molecule has 5 heteroatoms. The molecule has 2 fully saturated rings. The van der Waals surface area contributed by atoms with Crippen LogP contribution in [0.2, 0.25) is 0 Å². The van der Waals surface area contributed by atoms with Crippen molar-refractivity contribution in [3.05, 3.63) is 61.9 Å².